The molecule has 1 rings (SSSR count). The van der Waals surface area contributed by atoms with E-state index in [1.807, 2.05) is 0 Å². The third-order valence-corrected chi connectivity index (χ3v) is 6.69. The van der Waals surface area contributed by atoms with Gasteiger partial charge in [-0.15, -0.1) is 0 Å². The van der Waals surface area contributed by atoms with E-state index in [2.05, 4.69) is 16.0 Å². The van der Waals surface area contributed by atoms with Gasteiger partial charge in [-0.1, -0.05) is 6.92 Å². The standard InChI is InChI=1S/C20H33N3O13S/c1-9(18(31)32)6-37-7-11(17(30)21-4-14(26)27)23-13(25)3-2-10(19(33)34)22-8-20(35)16(29)15(28)12(24)5-36-20/h9-12,15-16,22,24,28-29,35H,2-8H2,1H3,(H,21,30)(H,23,25)(H,26,27)(H,31,32)(H,33,34). The molecule has 0 spiro atoms. The van der Waals surface area contributed by atoms with Gasteiger partial charge in [0.05, 0.1) is 19.1 Å². The molecule has 0 bridgehead atoms. The number of hydrogen-bond acceptors (Lipinski definition) is 12. The maximum Gasteiger partial charge on any atom is 0.322 e. The second-order valence-corrected chi connectivity index (χ2v) is 9.55. The van der Waals surface area contributed by atoms with E-state index in [-0.39, 0.29) is 17.9 Å². The van der Waals surface area contributed by atoms with Gasteiger partial charge in [0.1, 0.15) is 36.9 Å². The van der Waals surface area contributed by atoms with Crippen LogP contribution in [0.4, 0.5) is 0 Å². The summed E-state index contributed by atoms with van der Waals surface area (Å²) in [5.41, 5.74) is 0. The molecule has 17 heteroatoms. The van der Waals surface area contributed by atoms with Crippen LogP contribution in [0.15, 0.2) is 0 Å². The third-order valence-electron chi connectivity index (χ3n) is 5.38. The molecule has 37 heavy (non-hydrogen) atoms. The normalized spacial score (nSPS) is 25.9. The molecule has 10 N–H and O–H groups in total. The van der Waals surface area contributed by atoms with Gasteiger partial charge in [-0.25, -0.2) is 0 Å². The minimum Gasteiger partial charge on any atom is -0.481 e. The van der Waals surface area contributed by atoms with E-state index in [1.165, 1.54) is 6.92 Å². The van der Waals surface area contributed by atoms with E-state index < -0.39 is 97.9 Å². The Balaban J connectivity index is 2.70. The molecule has 1 aliphatic heterocycles. The predicted molar refractivity (Wildman–Crippen MR) is 124 cm³/mol. The van der Waals surface area contributed by atoms with Crippen molar-refractivity contribution in [2.45, 2.75) is 55.9 Å². The number of carboxylic acid groups (broad SMARTS) is 3. The number of aliphatic hydroxyl groups excluding tert-OH is 3. The SMILES string of the molecule is CC(CSCC(NC(=O)CCC(NCC1(O)OCC(O)C(O)C1O)C(=O)O)C(=O)NCC(=O)O)C(=O)O. The van der Waals surface area contributed by atoms with Gasteiger partial charge in [0.15, 0.2) is 0 Å². The maximum absolute atomic E-state index is 12.4. The average molecular weight is 556 g/mol. The molecule has 0 aromatic carbocycles. The second-order valence-electron chi connectivity index (χ2n) is 8.48. The average Bonchev–Trinajstić information content (AvgIpc) is 2.82. The van der Waals surface area contributed by atoms with E-state index >= 15 is 0 Å². The van der Waals surface area contributed by atoms with E-state index in [9.17, 15) is 49.5 Å². The van der Waals surface area contributed by atoms with Crippen molar-refractivity contribution in [2.24, 2.45) is 5.92 Å². The number of carbonyl (C=O) groups excluding carboxylic acids is 2. The van der Waals surface area contributed by atoms with Crippen LogP contribution in [0.25, 0.3) is 0 Å². The van der Waals surface area contributed by atoms with Crippen molar-refractivity contribution < 1.29 is 64.5 Å². The van der Waals surface area contributed by atoms with E-state index in [4.69, 9.17) is 14.9 Å². The summed E-state index contributed by atoms with van der Waals surface area (Å²) in [5.74, 6) is -8.51. The summed E-state index contributed by atoms with van der Waals surface area (Å²) in [6.07, 6.45) is -5.92. The quantitative estimate of drug-likeness (QED) is 0.0863. The Morgan fingerprint density at radius 1 is 1.03 bits per heavy atom. The maximum atomic E-state index is 12.4. The first-order chi connectivity index (χ1) is 17.2. The molecular weight excluding hydrogens is 522 g/mol. The molecule has 0 saturated carbocycles. The van der Waals surface area contributed by atoms with Crippen molar-refractivity contribution in [2.75, 3.05) is 31.2 Å². The summed E-state index contributed by atoms with van der Waals surface area (Å²) in [5, 5.41) is 73.5. The lowest BCUT2D eigenvalue weighted by Crippen LogP contribution is -2.65. The summed E-state index contributed by atoms with van der Waals surface area (Å²) in [4.78, 5) is 58.0. The van der Waals surface area contributed by atoms with Crippen molar-refractivity contribution in [3.05, 3.63) is 0 Å². The Morgan fingerprint density at radius 2 is 1.68 bits per heavy atom. The van der Waals surface area contributed by atoms with Crippen LogP contribution >= 0.6 is 11.8 Å². The number of aliphatic carboxylic acids is 3. The van der Waals surface area contributed by atoms with E-state index in [0.717, 1.165) is 11.8 Å². The van der Waals surface area contributed by atoms with Crippen LogP contribution in [-0.4, -0.2) is 133 Å². The molecule has 0 aromatic rings. The Morgan fingerprint density at radius 3 is 2.24 bits per heavy atom. The molecule has 1 heterocycles. The van der Waals surface area contributed by atoms with Crippen LogP contribution in [0.5, 0.6) is 0 Å². The molecule has 2 amide bonds. The summed E-state index contributed by atoms with van der Waals surface area (Å²) in [6.45, 7) is -0.460. The lowest BCUT2D eigenvalue weighted by Gasteiger charge is -2.42. The van der Waals surface area contributed by atoms with Crippen LogP contribution in [0, 0.1) is 5.92 Å². The molecule has 16 nitrogen and oxygen atoms in total. The van der Waals surface area contributed by atoms with Crippen molar-refractivity contribution in [3.63, 3.8) is 0 Å². The molecular formula is C20H33N3O13S. The Kier molecular flexibility index (Phi) is 13.2. The fraction of sp³-hybridized carbons (Fsp3) is 0.750. The zero-order valence-corrected chi connectivity index (χ0v) is 20.7. The molecule has 1 saturated heterocycles. The van der Waals surface area contributed by atoms with Gasteiger partial charge in [-0.05, 0) is 6.42 Å². The van der Waals surface area contributed by atoms with Gasteiger partial charge >= 0.3 is 17.9 Å². The Bertz CT molecular complexity index is 831. The Labute approximate surface area is 215 Å². The summed E-state index contributed by atoms with van der Waals surface area (Å²) in [7, 11) is 0. The van der Waals surface area contributed by atoms with E-state index in [0.29, 0.717) is 0 Å². The van der Waals surface area contributed by atoms with Gasteiger partial charge in [-0.3, -0.25) is 29.3 Å². The highest BCUT2D eigenvalue weighted by Crippen LogP contribution is 2.23. The highest BCUT2D eigenvalue weighted by molar-refractivity contribution is 7.99. The lowest BCUT2D eigenvalue weighted by molar-refractivity contribution is -0.318. The highest BCUT2D eigenvalue weighted by Gasteiger charge is 2.48. The third kappa shape index (κ3) is 10.8. The fourth-order valence-corrected chi connectivity index (χ4v) is 4.18. The Hall–Kier alpha value is -2.54. The largest absolute Gasteiger partial charge is 0.481 e. The van der Waals surface area contributed by atoms with E-state index in [1.54, 1.807) is 0 Å². The zero-order chi connectivity index (χ0) is 28.3. The first-order valence-electron chi connectivity index (χ1n) is 11.1. The number of carbonyl (C=O) groups is 5. The number of ether oxygens (including phenoxy) is 1. The molecule has 212 valence electrons. The van der Waals surface area contributed by atoms with Crippen LogP contribution in [0.3, 0.4) is 0 Å². The second kappa shape index (κ2) is 15.0. The minimum absolute atomic E-state index is 0.0775. The fourth-order valence-electron chi connectivity index (χ4n) is 3.07. The molecule has 1 fully saturated rings. The van der Waals surface area contributed by atoms with Gasteiger partial charge in [0.25, 0.3) is 0 Å². The topological polar surface area (TPSA) is 272 Å². The molecule has 0 aromatic heterocycles. The monoisotopic (exact) mass is 555 g/mol. The molecule has 1 aliphatic rings. The van der Waals surface area contributed by atoms with Gasteiger partial charge in [0, 0.05) is 17.9 Å². The van der Waals surface area contributed by atoms with Crippen molar-refractivity contribution >= 4 is 41.5 Å². The summed E-state index contributed by atoms with van der Waals surface area (Å²) >= 11 is 1.04. The predicted octanol–water partition coefficient (Wildman–Crippen LogP) is -4.25. The number of carboxylic acids is 3. The van der Waals surface area contributed by atoms with Crippen molar-refractivity contribution in [1.82, 2.24) is 16.0 Å². The first-order valence-corrected chi connectivity index (χ1v) is 12.3. The summed E-state index contributed by atoms with van der Waals surface area (Å²) in [6, 6.07) is -2.66. The minimum atomic E-state index is -2.41. The van der Waals surface area contributed by atoms with Crippen molar-refractivity contribution in [3.8, 4) is 0 Å². The van der Waals surface area contributed by atoms with Crippen LogP contribution in [-0.2, 0) is 28.7 Å². The van der Waals surface area contributed by atoms with Crippen LogP contribution < -0.4 is 16.0 Å². The highest BCUT2D eigenvalue weighted by atomic mass is 32.2. The molecule has 7 atom stereocenters. The van der Waals surface area contributed by atoms with Crippen LogP contribution in [0.2, 0.25) is 0 Å². The smallest absolute Gasteiger partial charge is 0.322 e. The lowest BCUT2D eigenvalue weighted by atomic mass is 9.96. The number of rotatable bonds is 16. The number of amides is 2. The van der Waals surface area contributed by atoms with Gasteiger partial charge in [-0.2, -0.15) is 11.8 Å². The molecule has 0 aliphatic carbocycles. The number of hydrogen-bond donors (Lipinski definition) is 10. The van der Waals surface area contributed by atoms with Gasteiger partial charge in [0.2, 0.25) is 17.6 Å². The van der Waals surface area contributed by atoms with Gasteiger partial charge < -0.3 is 51.1 Å². The number of aliphatic hydroxyl groups is 4. The zero-order valence-electron chi connectivity index (χ0n) is 19.9. The first kappa shape index (κ1) is 32.5. The summed E-state index contributed by atoms with van der Waals surface area (Å²) < 4.78 is 4.94. The van der Waals surface area contributed by atoms with Crippen molar-refractivity contribution in [1.29, 1.82) is 0 Å². The number of thioether (sulfide) groups is 1. The molecule has 7 unspecified atom stereocenters. The number of nitrogens with one attached hydrogen (secondary N) is 3. The molecule has 0 radical (unpaired) electrons. The van der Waals surface area contributed by atoms with Crippen LogP contribution in [0.1, 0.15) is 19.8 Å².